The van der Waals surface area contributed by atoms with Gasteiger partial charge in [-0.2, -0.15) is 0 Å². The van der Waals surface area contributed by atoms with Crippen molar-refractivity contribution < 1.29 is 38.2 Å². The summed E-state index contributed by atoms with van der Waals surface area (Å²) >= 11 is 0. The molecule has 59 heavy (non-hydrogen) atoms. The van der Waals surface area contributed by atoms with Crippen LogP contribution in [0.5, 0.6) is 5.75 Å². The summed E-state index contributed by atoms with van der Waals surface area (Å²) in [6.45, 7) is 9.98. The largest absolute Gasteiger partial charge is 0.489 e. The van der Waals surface area contributed by atoms with Crippen molar-refractivity contribution >= 4 is 29.7 Å². The first kappa shape index (κ1) is 45.7. The zero-order valence-electron chi connectivity index (χ0n) is 35.0. The second kappa shape index (κ2) is 22.8. The fourth-order valence-electron chi connectivity index (χ4n) is 6.79. The van der Waals surface area contributed by atoms with Crippen LogP contribution in [-0.4, -0.2) is 47.8 Å². The van der Waals surface area contributed by atoms with Gasteiger partial charge in [-0.25, -0.2) is 4.79 Å². The number of nitrogens with one attached hydrogen (secondary N) is 2. The maximum absolute atomic E-state index is 14.3. The topological polar surface area (TPSA) is 163 Å². The van der Waals surface area contributed by atoms with Gasteiger partial charge in [0.1, 0.15) is 24.6 Å². The number of amides is 3. The number of primary amides is 1. The van der Waals surface area contributed by atoms with Crippen molar-refractivity contribution in [1.82, 2.24) is 10.6 Å². The molecule has 3 amide bonds. The lowest BCUT2D eigenvalue weighted by molar-refractivity contribution is -0.157. The molecule has 0 bridgehead atoms. The van der Waals surface area contributed by atoms with Gasteiger partial charge in [0.25, 0.3) is 0 Å². The van der Waals surface area contributed by atoms with Crippen LogP contribution < -0.4 is 21.1 Å². The second-order valence-electron chi connectivity index (χ2n) is 16.0. The molecule has 0 aliphatic rings. The molecule has 11 heteroatoms. The van der Waals surface area contributed by atoms with Crippen molar-refractivity contribution in [3.05, 3.63) is 137 Å². The van der Waals surface area contributed by atoms with E-state index in [1.165, 1.54) is 0 Å². The number of carbonyl (C=O) groups is 5. The van der Waals surface area contributed by atoms with Crippen LogP contribution in [0.4, 0.5) is 4.79 Å². The van der Waals surface area contributed by atoms with Crippen LogP contribution in [-0.2, 0) is 54.7 Å². The Bertz CT molecular complexity index is 1960. The van der Waals surface area contributed by atoms with E-state index in [1.54, 1.807) is 20.8 Å². The van der Waals surface area contributed by atoms with Gasteiger partial charge in [0, 0.05) is 18.9 Å². The van der Waals surface area contributed by atoms with Gasteiger partial charge in [-0.05, 0) is 112 Å². The molecule has 0 fully saturated rings. The molecule has 3 atom stereocenters. The van der Waals surface area contributed by atoms with Gasteiger partial charge in [0.05, 0.1) is 18.4 Å². The van der Waals surface area contributed by atoms with Crippen LogP contribution in [0.15, 0.2) is 103 Å². The summed E-state index contributed by atoms with van der Waals surface area (Å²) in [6, 6.07) is 31.3. The lowest BCUT2D eigenvalue weighted by atomic mass is 9.88. The number of ketones is 1. The number of benzene rings is 4. The number of aryl methyl sites for hydroxylation is 2. The average Bonchev–Trinajstić information content (AvgIpc) is 3.19. The minimum absolute atomic E-state index is 0.134. The molecule has 4 N–H and O–H groups in total. The molecule has 0 heterocycles. The van der Waals surface area contributed by atoms with E-state index in [-0.39, 0.29) is 51.0 Å². The molecule has 0 saturated carbocycles. The monoisotopic (exact) mass is 805 g/mol. The number of esters is 1. The standard InChI is InChI=1S/C48H59N3O8/c1-33-25-40(57-31-36-19-11-7-12-20-36)26-34(2)41(33)28-39(30-44(53)59-48(3,4)5)46(55)51-42(43(52)29-38(45(49)54)27-35-17-9-6-10-18-35)23-15-16-24-50-47(56)58-32-37-21-13-8-14-22-37/h6-14,17-22,25-26,38-39,42H,15-16,23-24,27-32H2,1-5H3,(H2,49,54)(H,50,56)(H,51,55)/t38?,39-,42+/m1/s1. The molecule has 0 aliphatic carbocycles. The lowest BCUT2D eigenvalue weighted by Crippen LogP contribution is -2.46. The Hall–Kier alpha value is -5.97. The second-order valence-corrected chi connectivity index (χ2v) is 16.0. The van der Waals surface area contributed by atoms with Gasteiger partial charge < -0.3 is 30.6 Å². The summed E-state index contributed by atoms with van der Waals surface area (Å²) in [5, 5.41) is 5.69. The highest BCUT2D eigenvalue weighted by Gasteiger charge is 2.32. The Kier molecular flexibility index (Phi) is 17.7. The summed E-state index contributed by atoms with van der Waals surface area (Å²) in [5.74, 6) is -2.99. The molecule has 0 aromatic heterocycles. The third-order valence-corrected chi connectivity index (χ3v) is 9.85. The predicted molar refractivity (Wildman–Crippen MR) is 227 cm³/mol. The van der Waals surface area contributed by atoms with Crippen LogP contribution in [0.25, 0.3) is 0 Å². The quantitative estimate of drug-likeness (QED) is 0.0539. The first-order valence-electron chi connectivity index (χ1n) is 20.3. The molecule has 4 aromatic rings. The maximum atomic E-state index is 14.3. The van der Waals surface area contributed by atoms with Crippen molar-refractivity contribution in [2.75, 3.05) is 6.54 Å². The zero-order chi connectivity index (χ0) is 42.8. The normalized spacial score (nSPS) is 12.7. The zero-order valence-corrected chi connectivity index (χ0v) is 35.0. The van der Waals surface area contributed by atoms with Gasteiger partial charge in [-0.15, -0.1) is 0 Å². The van der Waals surface area contributed by atoms with E-state index >= 15 is 0 Å². The molecule has 0 spiro atoms. The Balaban J connectivity index is 1.50. The van der Waals surface area contributed by atoms with Crippen LogP contribution in [0.1, 0.15) is 86.3 Å². The fraction of sp³-hybridized carbons (Fsp3) is 0.396. The van der Waals surface area contributed by atoms with Crippen LogP contribution >= 0.6 is 0 Å². The third kappa shape index (κ3) is 16.4. The van der Waals surface area contributed by atoms with E-state index in [0.717, 1.165) is 33.4 Å². The molecule has 0 radical (unpaired) electrons. The lowest BCUT2D eigenvalue weighted by Gasteiger charge is -2.26. The Morgan fingerprint density at radius 2 is 1.25 bits per heavy atom. The number of carbonyl (C=O) groups excluding carboxylic acids is 5. The first-order chi connectivity index (χ1) is 28.2. The van der Waals surface area contributed by atoms with Crippen molar-refractivity contribution in [1.29, 1.82) is 0 Å². The van der Waals surface area contributed by atoms with E-state index in [2.05, 4.69) is 10.6 Å². The van der Waals surface area contributed by atoms with Gasteiger partial charge >= 0.3 is 12.1 Å². The molecule has 314 valence electrons. The number of hydrogen-bond acceptors (Lipinski definition) is 8. The maximum Gasteiger partial charge on any atom is 0.407 e. The van der Waals surface area contributed by atoms with Crippen molar-refractivity contribution in [2.45, 2.75) is 104 Å². The van der Waals surface area contributed by atoms with Gasteiger partial charge in [-0.1, -0.05) is 91.0 Å². The van der Waals surface area contributed by atoms with Crippen LogP contribution in [0, 0.1) is 25.7 Å². The minimum atomic E-state index is -0.984. The molecule has 4 rings (SSSR count). The van der Waals surface area contributed by atoms with Crippen molar-refractivity contribution in [2.24, 2.45) is 17.6 Å². The molecule has 11 nitrogen and oxygen atoms in total. The van der Waals surface area contributed by atoms with Crippen LogP contribution in [0.3, 0.4) is 0 Å². The van der Waals surface area contributed by atoms with E-state index in [1.807, 2.05) is 117 Å². The van der Waals surface area contributed by atoms with E-state index in [9.17, 15) is 24.0 Å². The number of Topliss-reactive ketones (excluding diaryl/α,β-unsaturated/α-hetero) is 1. The SMILES string of the molecule is Cc1cc(OCc2ccccc2)cc(C)c1C[C@H](CC(=O)OC(C)(C)C)C(=O)N[C@@H](CCCCNC(=O)OCc1ccccc1)C(=O)CC(Cc1ccccc1)C(N)=O. The Labute approximate surface area is 348 Å². The molecule has 4 aromatic carbocycles. The number of ether oxygens (including phenoxy) is 3. The van der Waals surface area contributed by atoms with E-state index in [4.69, 9.17) is 19.9 Å². The first-order valence-corrected chi connectivity index (χ1v) is 20.3. The number of rotatable bonds is 22. The van der Waals surface area contributed by atoms with E-state index < -0.39 is 47.4 Å². The molecule has 1 unspecified atom stereocenters. The number of unbranched alkanes of at least 4 members (excludes halogenated alkanes) is 1. The summed E-state index contributed by atoms with van der Waals surface area (Å²) in [5.41, 5.74) is 10.4. The summed E-state index contributed by atoms with van der Waals surface area (Å²) in [4.78, 5) is 66.6. The summed E-state index contributed by atoms with van der Waals surface area (Å²) < 4.78 is 17.0. The van der Waals surface area contributed by atoms with Gasteiger partial charge in [0.15, 0.2) is 5.78 Å². The number of alkyl carbamates (subject to hydrolysis) is 1. The number of hydrogen-bond donors (Lipinski definition) is 3. The third-order valence-electron chi connectivity index (χ3n) is 9.85. The summed E-state index contributed by atoms with van der Waals surface area (Å²) in [7, 11) is 0. The van der Waals surface area contributed by atoms with Crippen molar-refractivity contribution in [3.8, 4) is 5.75 Å². The van der Waals surface area contributed by atoms with E-state index in [0.29, 0.717) is 25.2 Å². The molecule has 0 aliphatic heterocycles. The van der Waals surface area contributed by atoms with Gasteiger partial charge in [-0.3, -0.25) is 19.2 Å². The highest BCUT2D eigenvalue weighted by Crippen LogP contribution is 2.27. The predicted octanol–water partition coefficient (Wildman–Crippen LogP) is 7.66. The molecular weight excluding hydrogens is 747 g/mol. The van der Waals surface area contributed by atoms with Gasteiger partial charge in [0.2, 0.25) is 11.8 Å². The minimum Gasteiger partial charge on any atom is -0.489 e. The fourth-order valence-corrected chi connectivity index (χ4v) is 6.79. The average molecular weight is 806 g/mol. The molecule has 0 saturated heterocycles. The smallest absolute Gasteiger partial charge is 0.407 e. The van der Waals surface area contributed by atoms with Crippen molar-refractivity contribution in [3.63, 3.8) is 0 Å². The van der Waals surface area contributed by atoms with Crippen LogP contribution in [0.2, 0.25) is 0 Å². The molecular formula is C48H59N3O8. The Morgan fingerprint density at radius 1 is 0.695 bits per heavy atom. The number of nitrogens with two attached hydrogens (primary N) is 1. The highest BCUT2D eigenvalue weighted by atomic mass is 16.6. The highest BCUT2D eigenvalue weighted by molar-refractivity contribution is 5.93. The summed E-state index contributed by atoms with van der Waals surface area (Å²) in [6.07, 6.45) is 0.675. The Morgan fingerprint density at radius 3 is 1.81 bits per heavy atom.